The van der Waals surface area contributed by atoms with Crippen molar-refractivity contribution < 1.29 is 19.1 Å². The standard InChI is InChI=1S/C26H27N3O4S/c1-2-7-24(30)27-20-8-6-9-21(18-20)28-26(34)29-25(31)19-12-14-23(15-13-19)33-17-16-32-22-10-4-3-5-11-22/h3-6,8-15,18H,2,7,16-17H2,1H3,(H,27,30)(H2,28,29,31,34). The quantitative estimate of drug-likeness (QED) is 0.281. The third-order valence-corrected chi connectivity index (χ3v) is 4.79. The number of amides is 2. The summed E-state index contributed by atoms with van der Waals surface area (Å²) in [6.45, 7) is 2.74. The minimum atomic E-state index is -0.344. The Labute approximate surface area is 204 Å². The fourth-order valence-corrected chi connectivity index (χ4v) is 3.21. The average Bonchev–Trinajstić information content (AvgIpc) is 2.83. The number of carbonyl (C=O) groups excluding carboxylic acids is 2. The molecule has 3 N–H and O–H groups in total. The SMILES string of the molecule is CCCC(=O)Nc1cccc(NC(=S)NC(=O)c2ccc(OCCOc3ccccc3)cc2)c1. The van der Waals surface area contributed by atoms with Crippen molar-refractivity contribution in [3.8, 4) is 11.5 Å². The molecule has 0 bridgehead atoms. The fraction of sp³-hybridized carbons (Fsp3) is 0.192. The van der Waals surface area contributed by atoms with Crippen LogP contribution in [0.3, 0.4) is 0 Å². The molecule has 2 amide bonds. The van der Waals surface area contributed by atoms with E-state index in [9.17, 15) is 9.59 Å². The summed E-state index contributed by atoms with van der Waals surface area (Å²) in [6.07, 6.45) is 1.23. The molecule has 0 spiro atoms. The lowest BCUT2D eigenvalue weighted by atomic mass is 10.2. The van der Waals surface area contributed by atoms with Crippen LogP contribution < -0.4 is 25.4 Å². The largest absolute Gasteiger partial charge is 0.490 e. The summed E-state index contributed by atoms with van der Waals surface area (Å²) in [7, 11) is 0. The number of hydrogen-bond donors (Lipinski definition) is 3. The fourth-order valence-electron chi connectivity index (χ4n) is 3.00. The summed E-state index contributed by atoms with van der Waals surface area (Å²) < 4.78 is 11.2. The van der Waals surface area contributed by atoms with Crippen molar-refractivity contribution in [2.24, 2.45) is 0 Å². The smallest absolute Gasteiger partial charge is 0.257 e. The molecule has 0 aliphatic heterocycles. The molecule has 3 aromatic carbocycles. The molecule has 176 valence electrons. The highest BCUT2D eigenvalue weighted by molar-refractivity contribution is 7.80. The number of thiocarbonyl (C=S) groups is 1. The van der Waals surface area contributed by atoms with E-state index in [1.54, 1.807) is 48.5 Å². The summed E-state index contributed by atoms with van der Waals surface area (Å²) in [5.74, 6) is 1.03. The van der Waals surface area contributed by atoms with Crippen molar-refractivity contribution in [2.75, 3.05) is 23.8 Å². The van der Waals surface area contributed by atoms with Gasteiger partial charge in [0.15, 0.2) is 5.11 Å². The second kappa shape index (κ2) is 13.0. The molecular formula is C26H27N3O4S. The number of carbonyl (C=O) groups is 2. The molecule has 34 heavy (non-hydrogen) atoms. The Balaban J connectivity index is 1.44. The lowest BCUT2D eigenvalue weighted by Crippen LogP contribution is -2.34. The summed E-state index contributed by atoms with van der Waals surface area (Å²) in [5.41, 5.74) is 1.75. The Morgan fingerprint density at radius 3 is 2.06 bits per heavy atom. The van der Waals surface area contributed by atoms with E-state index in [0.29, 0.717) is 42.3 Å². The molecule has 8 heteroatoms. The minimum absolute atomic E-state index is 0.0494. The third kappa shape index (κ3) is 8.22. The molecule has 0 saturated heterocycles. The Kier molecular flexibility index (Phi) is 9.42. The number of anilines is 2. The van der Waals surface area contributed by atoms with Crippen LogP contribution in [0.1, 0.15) is 30.1 Å². The van der Waals surface area contributed by atoms with E-state index in [4.69, 9.17) is 21.7 Å². The zero-order valence-corrected chi connectivity index (χ0v) is 19.7. The Hall–Kier alpha value is -3.91. The van der Waals surface area contributed by atoms with Gasteiger partial charge in [0, 0.05) is 23.4 Å². The van der Waals surface area contributed by atoms with Gasteiger partial charge >= 0.3 is 0 Å². The maximum absolute atomic E-state index is 12.5. The van der Waals surface area contributed by atoms with Gasteiger partial charge in [-0.3, -0.25) is 14.9 Å². The molecule has 0 aliphatic rings. The first kappa shape index (κ1) is 24.7. The second-order valence-corrected chi connectivity index (χ2v) is 7.73. The lowest BCUT2D eigenvalue weighted by Gasteiger charge is -2.12. The van der Waals surface area contributed by atoms with Gasteiger partial charge in [-0.2, -0.15) is 0 Å². The molecule has 0 radical (unpaired) electrons. The normalized spacial score (nSPS) is 10.1. The Bertz CT molecular complexity index is 1100. The van der Waals surface area contributed by atoms with E-state index in [2.05, 4.69) is 16.0 Å². The summed E-state index contributed by atoms with van der Waals surface area (Å²) in [6, 6.07) is 23.4. The van der Waals surface area contributed by atoms with Crippen LogP contribution >= 0.6 is 12.2 Å². The topological polar surface area (TPSA) is 88.7 Å². The highest BCUT2D eigenvalue weighted by Gasteiger charge is 2.09. The molecular weight excluding hydrogens is 450 g/mol. The zero-order valence-electron chi connectivity index (χ0n) is 18.9. The van der Waals surface area contributed by atoms with Crippen LogP contribution in [0, 0.1) is 0 Å². The monoisotopic (exact) mass is 477 g/mol. The van der Waals surface area contributed by atoms with Crippen LogP contribution in [0.4, 0.5) is 11.4 Å². The molecule has 0 saturated carbocycles. The van der Waals surface area contributed by atoms with E-state index in [1.807, 2.05) is 37.3 Å². The van der Waals surface area contributed by atoms with Crippen molar-refractivity contribution in [2.45, 2.75) is 19.8 Å². The highest BCUT2D eigenvalue weighted by Crippen LogP contribution is 2.16. The maximum atomic E-state index is 12.5. The van der Waals surface area contributed by atoms with Crippen LogP contribution in [0.15, 0.2) is 78.9 Å². The number of para-hydroxylation sites is 1. The van der Waals surface area contributed by atoms with Crippen LogP contribution in [0.25, 0.3) is 0 Å². The van der Waals surface area contributed by atoms with Crippen molar-refractivity contribution in [3.63, 3.8) is 0 Å². The molecule has 3 rings (SSSR count). The second-order valence-electron chi connectivity index (χ2n) is 7.32. The molecule has 3 aromatic rings. The van der Waals surface area contributed by atoms with Gasteiger partial charge in [0.05, 0.1) is 0 Å². The van der Waals surface area contributed by atoms with Gasteiger partial charge in [-0.25, -0.2) is 0 Å². The molecule has 0 aromatic heterocycles. The summed E-state index contributed by atoms with van der Waals surface area (Å²) in [4.78, 5) is 24.3. The van der Waals surface area contributed by atoms with Gasteiger partial charge in [-0.1, -0.05) is 31.2 Å². The lowest BCUT2D eigenvalue weighted by molar-refractivity contribution is -0.116. The summed E-state index contributed by atoms with van der Waals surface area (Å²) >= 11 is 5.25. The number of nitrogens with one attached hydrogen (secondary N) is 3. The van der Waals surface area contributed by atoms with Crippen molar-refractivity contribution in [1.82, 2.24) is 5.32 Å². The van der Waals surface area contributed by atoms with Gasteiger partial charge in [0.2, 0.25) is 5.91 Å². The molecule has 0 heterocycles. The number of rotatable bonds is 10. The van der Waals surface area contributed by atoms with E-state index in [1.165, 1.54) is 0 Å². The molecule has 0 atom stereocenters. The number of ether oxygens (including phenoxy) is 2. The zero-order chi connectivity index (χ0) is 24.2. The van der Waals surface area contributed by atoms with Gasteiger partial charge < -0.3 is 20.1 Å². The highest BCUT2D eigenvalue weighted by atomic mass is 32.1. The van der Waals surface area contributed by atoms with Gasteiger partial charge in [0.25, 0.3) is 5.91 Å². The maximum Gasteiger partial charge on any atom is 0.257 e. The molecule has 0 aliphatic carbocycles. The van der Waals surface area contributed by atoms with Crippen molar-refractivity contribution in [3.05, 3.63) is 84.4 Å². The van der Waals surface area contributed by atoms with E-state index < -0.39 is 0 Å². The number of hydrogen-bond acceptors (Lipinski definition) is 5. The van der Waals surface area contributed by atoms with Crippen LogP contribution in [0.2, 0.25) is 0 Å². The first-order valence-corrected chi connectivity index (χ1v) is 11.4. The van der Waals surface area contributed by atoms with Gasteiger partial charge in [-0.05, 0) is 73.2 Å². The van der Waals surface area contributed by atoms with Crippen molar-refractivity contribution >= 4 is 40.5 Å². The first-order chi connectivity index (χ1) is 16.5. The van der Waals surface area contributed by atoms with E-state index in [0.717, 1.165) is 12.2 Å². The van der Waals surface area contributed by atoms with Crippen LogP contribution in [-0.4, -0.2) is 30.1 Å². The first-order valence-electron chi connectivity index (χ1n) is 11.0. The molecule has 7 nitrogen and oxygen atoms in total. The minimum Gasteiger partial charge on any atom is -0.490 e. The van der Waals surface area contributed by atoms with Crippen molar-refractivity contribution in [1.29, 1.82) is 0 Å². The predicted octanol–water partition coefficient (Wildman–Crippen LogP) is 5.01. The van der Waals surface area contributed by atoms with Crippen LogP contribution in [-0.2, 0) is 4.79 Å². The average molecular weight is 478 g/mol. The predicted molar refractivity (Wildman–Crippen MR) is 138 cm³/mol. The van der Waals surface area contributed by atoms with Gasteiger partial charge in [-0.15, -0.1) is 0 Å². The van der Waals surface area contributed by atoms with E-state index >= 15 is 0 Å². The Morgan fingerprint density at radius 1 is 0.794 bits per heavy atom. The third-order valence-electron chi connectivity index (χ3n) is 4.59. The Morgan fingerprint density at radius 2 is 1.41 bits per heavy atom. The molecule has 0 fully saturated rings. The molecule has 0 unspecified atom stereocenters. The summed E-state index contributed by atoms with van der Waals surface area (Å²) in [5, 5.41) is 8.58. The van der Waals surface area contributed by atoms with E-state index in [-0.39, 0.29) is 16.9 Å². The number of benzene rings is 3. The van der Waals surface area contributed by atoms with Crippen LogP contribution in [0.5, 0.6) is 11.5 Å². The van der Waals surface area contributed by atoms with Gasteiger partial charge in [0.1, 0.15) is 24.7 Å².